The highest BCUT2D eigenvalue weighted by Gasteiger charge is 2.36. The molecule has 21 heteroatoms. The van der Waals surface area contributed by atoms with Crippen LogP contribution < -0.4 is 0 Å². The summed E-state index contributed by atoms with van der Waals surface area (Å²) in [6.07, 6.45) is -8.99. The smallest absolute Gasteiger partial charge is 0.297 e. The minimum atomic E-state index is -4.80. The van der Waals surface area contributed by atoms with Gasteiger partial charge in [0.25, 0.3) is 0 Å². The van der Waals surface area contributed by atoms with Gasteiger partial charge in [-0.05, 0) is 20.1 Å². The second-order valence-electron chi connectivity index (χ2n) is 5.93. The van der Waals surface area contributed by atoms with Crippen LogP contribution in [-0.4, -0.2) is 98.8 Å². The van der Waals surface area contributed by atoms with E-state index >= 15 is 0 Å². The van der Waals surface area contributed by atoms with E-state index in [1.165, 1.54) is 20.9 Å². The van der Waals surface area contributed by atoms with Crippen LogP contribution in [0.15, 0.2) is 15.5 Å². The summed E-state index contributed by atoms with van der Waals surface area (Å²) in [6, 6.07) is 0. The molecule has 14 nitrogen and oxygen atoms in total. The van der Waals surface area contributed by atoms with E-state index in [1.807, 2.05) is 0 Å². The van der Waals surface area contributed by atoms with Gasteiger partial charge in [-0.25, -0.2) is 36.4 Å². The Kier molecular flexibility index (Phi) is 14.0. The molecular weight excluding hydrogens is 562 g/mol. The van der Waals surface area contributed by atoms with Crippen molar-refractivity contribution in [3.05, 3.63) is 0 Å². The zero-order chi connectivity index (χ0) is 28.2. The monoisotopic (exact) mass is 583 g/mol. The Balaban J connectivity index is 4.85. The van der Waals surface area contributed by atoms with Gasteiger partial charge in [-0.1, -0.05) is 15.5 Å². The average molecular weight is 584 g/mol. The Bertz CT molecular complexity index is 920. The van der Waals surface area contributed by atoms with Crippen LogP contribution >= 0.6 is 36.0 Å². The maximum absolute atomic E-state index is 12.6. The van der Waals surface area contributed by atoms with Crippen molar-refractivity contribution >= 4 is 76.9 Å². The van der Waals surface area contributed by atoms with E-state index in [9.17, 15) is 36.7 Å². The molecule has 0 atom stereocenters. The first-order valence-corrected chi connectivity index (χ1v) is 11.6. The SMILES string of the molecule is CSC(=NOC(=O)N(C)SN(C)C(=O)ON=C(C)C(C)=NOC(=O)N(C)SN(C)C(=O)F)C(F)(F)F. The third-order valence-electron chi connectivity index (χ3n) is 3.20. The molecule has 0 spiro atoms. The summed E-state index contributed by atoms with van der Waals surface area (Å²) in [5.74, 6) is 0. The lowest BCUT2D eigenvalue weighted by Gasteiger charge is -2.19. The Morgan fingerprint density at radius 3 is 1.33 bits per heavy atom. The second kappa shape index (κ2) is 15.2. The molecule has 0 radical (unpaired) electrons. The van der Waals surface area contributed by atoms with Crippen LogP contribution in [0.5, 0.6) is 0 Å². The predicted molar refractivity (Wildman–Crippen MR) is 125 cm³/mol. The van der Waals surface area contributed by atoms with Crippen molar-refractivity contribution in [2.24, 2.45) is 15.5 Å². The van der Waals surface area contributed by atoms with E-state index in [4.69, 9.17) is 0 Å². The zero-order valence-electron chi connectivity index (χ0n) is 19.7. The van der Waals surface area contributed by atoms with Crippen LogP contribution in [0.1, 0.15) is 13.8 Å². The highest BCUT2D eigenvalue weighted by Crippen LogP contribution is 2.24. The van der Waals surface area contributed by atoms with Gasteiger partial charge in [0.1, 0.15) is 11.4 Å². The van der Waals surface area contributed by atoms with Crippen molar-refractivity contribution in [1.29, 1.82) is 0 Å². The number of thioether (sulfide) groups is 1. The topological polar surface area (TPSA) is 146 Å². The number of oxime groups is 3. The van der Waals surface area contributed by atoms with Crippen molar-refractivity contribution in [3.8, 4) is 0 Å². The first-order chi connectivity index (χ1) is 16.5. The number of nitrogens with zero attached hydrogens (tertiary/aromatic N) is 7. The molecule has 0 aromatic rings. The molecule has 0 heterocycles. The van der Waals surface area contributed by atoms with Crippen LogP contribution in [0.4, 0.5) is 36.7 Å². The molecule has 0 aromatic heterocycles. The minimum absolute atomic E-state index is 0.00685. The van der Waals surface area contributed by atoms with Crippen molar-refractivity contribution < 1.29 is 51.3 Å². The van der Waals surface area contributed by atoms with Gasteiger partial charge in [-0.15, -0.1) is 16.2 Å². The number of hydrogen-bond acceptors (Lipinski definition) is 13. The van der Waals surface area contributed by atoms with Crippen LogP contribution in [0.3, 0.4) is 0 Å². The summed E-state index contributed by atoms with van der Waals surface area (Å²) in [5, 5.41) is 8.28. The van der Waals surface area contributed by atoms with E-state index in [0.29, 0.717) is 32.9 Å². The fourth-order valence-electron chi connectivity index (χ4n) is 1.30. The van der Waals surface area contributed by atoms with Gasteiger partial charge in [-0.3, -0.25) is 14.5 Å². The molecule has 0 aliphatic carbocycles. The second-order valence-corrected chi connectivity index (χ2v) is 9.24. The van der Waals surface area contributed by atoms with E-state index in [1.54, 1.807) is 0 Å². The molecule has 0 N–H and O–H groups in total. The van der Waals surface area contributed by atoms with Crippen LogP contribution in [-0.2, 0) is 14.5 Å². The zero-order valence-corrected chi connectivity index (χ0v) is 22.2. The van der Waals surface area contributed by atoms with E-state index in [-0.39, 0.29) is 23.2 Å². The summed E-state index contributed by atoms with van der Waals surface area (Å²) in [4.78, 5) is 59.5. The van der Waals surface area contributed by atoms with Gasteiger partial charge in [0, 0.05) is 28.2 Å². The number of amides is 4. The van der Waals surface area contributed by atoms with Crippen LogP contribution in [0.25, 0.3) is 0 Å². The minimum Gasteiger partial charge on any atom is -0.297 e. The van der Waals surface area contributed by atoms with Gasteiger partial charge in [0.05, 0.1) is 24.3 Å². The molecule has 36 heavy (non-hydrogen) atoms. The molecule has 4 amide bonds. The van der Waals surface area contributed by atoms with Crippen molar-refractivity contribution in [3.63, 3.8) is 0 Å². The molecule has 0 fully saturated rings. The fraction of sp³-hybridized carbons (Fsp3) is 0.533. The molecule has 0 saturated heterocycles. The Hall–Kier alpha value is -2.94. The van der Waals surface area contributed by atoms with E-state index in [0.717, 1.165) is 36.0 Å². The quantitative estimate of drug-likeness (QED) is 0.0591. The van der Waals surface area contributed by atoms with Gasteiger partial charge in [0.15, 0.2) is 0 Å². The Morgan fingerprint density at radius 2 is 1.03 bits per heavy atom. The highest BCUT2D eigenvalue weighted by molar-refractivity contribution is 8.13. The number of carbonyl (C=O) groups is 4. The lowest BCUT2D eigenvalue weighted by atomic mass is 10.3. The van der Waals surface area contributed by atoms with Gasteiger partial charge < -0.3 is 0 Å². The number of carbonyl (C=O) groups excluding carboxylic acids is 4. The first kappa shape index (κ1) is 33.1. The molecule has 0 bridgehead atoms. The summed E-state index contributed by atoms with van der Waals surface area (Å²) in [6.45, 7) is 2.68. The number of alkyl halides is 3. The van der Waals surface area contributed by atoms with Gasteiger partial charge in [0.2, 0.25) is 5.04 Å². The molecule has 0 rings (SSSR count). The fourth-order valence-corrected chi connectivity index (χ4v) is 2.75. The largest absolute Gasteiger partial charge is 0.447 e. The molecule has 204 valence electrons. The summed E-state index contributed by atoms with van der Waals surface area (Å²) >= 11 is 1.02. The van der Waals surface area contributed by atoms with Gasteiger partial charge in [-0.2, -0.15) is 13.2 Å². The summed E-state index contributed by atoms with van der Waals surface area (Å²) in [7, 11) is 4.51. The standard InChI is InChI=1S/C15H21F4N7O7S3/c1-8(20-31-12(28)24(4)35-23(3)11(16)27)9(2)21-32-13(29)25(5)36-26(6)14(30)33-22-10(34-7)15(17,18)19/h1-7H3. The van der Waals surface area contributed by atoms with Gasteiger partial charge >= 0.3 is 30.6 Å². The highest BCUT2D eigenvalue weighted by atomic mass is 32.2. The van der Waals surface area contributed by atoms with E-state index < -0.39 is 35.7 Å². The van der Waals surface area contributed by atoms with Crippen molar-refractivity contribution in [2.45, 2.75) is 20.0 Å². The van der Waals surface area contributed by atoms with E-state index in [2.05, 4.69) is 30.0 Å². The molecule has 0 saturated carbocycles. The number of halogens is 4. The van der Waals surface area contributed by atoms with Crippen molar-refractivity contribution in [1.82, 2.24) is 17.2 Å². The van der Waals surface area contributed by atoms with Crippen LogP contribution in [0.2, 0.25) is 0 Å². The summed E-state index contributed by atoms with van der Waals surface area (Å²) in [5.41, 5.74) is -0.0210. The molecule has 0 aliphatic rings. The molecule has 0 aromatic carbocycles. The van der Waals surface area contributed by atoms with Crippen LogP contribution in [0, 0.1) is 0 Å². The first-order valence-electron chi connectivity index (χ1n) is 8.93. The number of hydrogen-bond donors (Lipinski definition) is 0. The molecule has 0 unspecified atom stereocenters. The van der Waals surface area contributed by atoms with Crippen molar-refractivity contribution in [2.75, 3.05) is 34.4 Å². The number of rotatable bonds is 8. The average Bonchev–Trinajstić information content (AvgIpc) is 2.79. The third kappa shape index (κ3) is 12.2. The molecule has 0 aliphatic heterocycles. The normalized spacial score (nSPS) is 12.5. The maximum Gasteiger partial charge on any atom is 0.447 e. The lowest BCUT2D eigenvalue weighted by molar-refractivity contribution is -0.0575. The molecular formula is C15H21F4N7O7S3. The summed E-state index contributed by atoms with van der Waals surface area (Å²) < 4.78 is 53.0. The predicted octanol–water partition coefficient (Wildman–Crippen LogP) is 4.33. The maximum atomic E-state index is 12.6. The lowest BCUT2D eigenvalue weighted by Crippen LogP contribution is -2.29. The Morgan fingerprint density at radius 1 is 0.694 bits per heavy atom. The third-order valence-corrected chi connectivity index (χ3v) is 5.46. The Labute approximate surface area is 215 Å².